The molecule has 4 N–H and O–H groups in total. The van der Waals surface area contributed by atoms with Crippen molar-refractivity contribution in [3.8, 4) is 5.75 Å². The van der Waals surface area contributed by atoms with Crippen LogP contribution in [0.25, 0.3) is 0 Å². The third kappa shape index (κ3) is 7.13. The first kappa shape index (κ1) is 32.7. The fraction of sp³-hybridized carbons (Fsp3) is 0.516. The van der Waals surface area contributed by atoms with E-state index in [1.165, 1.54) is 4.90 Å². The summed E-state index contributed by atoms with van der Waals surface area (Å²) in [6.07, 6.45) is -0.0383. The number of para-hydroxylation sites is 1. The molecule has 5 rings (SSSR count). The number of nitrogens with zero attached hydrogens (tertiary/aromatic N) is 2. The summed E-state index contributed by atoms with van der Waals surface area (Å²) in [5, 5.41) is 22.2. The predicted molar refractivity (Wildman–Crippen MR) is 154 cm³/mol. The number of fused-ring (bicyclic) bond motifs is 1. The Morgan fingerprint density at radius 2 is 1.84 bits per heavy atom. The molecular weight excluding hydrogens is 579 g/mol. The molecule has 2 aliphatic heterocycles. The maximum atomic E-state index is 13.6. The van der Waals surface area contributed by atoms with Crippen molar-refractivity contribution in [3.05, 3.63) is 59.9 Å². The van der Waals surface area contributed by atoms with Crippen LogP contribution in [-0.4, -0.2) is 56.0 Å². The van der Waals surface area contributed by atoms with Gasteiger partial charge in [0.1, 0.15) is 11.4 Å². The van der Waals surface area contributed by atoms with Crippen molar-refractivity contribution in [2.75, 3.05) is 0 Å². The first-order valence-corrected chi connectivity index (χ1v) is 14.4. The number of halogens is 3. The molecule has 2 amide bonds. The van der Waals surface area contributed by atoms with Gasteiger partial charge >= 0.3 is 12.1 Å². The molecule has 1 aliphatic carbocycles. The van der Waals surface area contributed by atoms with Gasteiger partial charge in [0.25, 0.3) is 0 Å². The van der Waals surface area contributed by atoms with Crippen LogP contribution in [0.15, 0.2) is 48.8 Å². The van der Waals surface area contributed by atoms with Gasteiger partial charge in [0.15, 0.2) is 5.96 Å². The lowest BCUT2D eigenvalue weighted by Crippen LogP contribution is -2.60. The fourth-order valence-corrected chi connectivity index (χ4v) is 5.74. The smallest absolute Gasteiger partial charge is 0.487 e. The van der Waals surface area contributed by atoms with E-state index in [2.05, 4.69) is 36.4 Å². The van der Waals surface area contributed by atoms with Gasteiger partial charge in [-0.1, -0.05) is 38.1 Å². The van der Waals surface area contributed by atoms with E-state index in [0.717, 1.165) is 16.9 Å². The molecule has 2 aromatic rings. The van der Waals surface area contributed by atoms with Gasteiger partial charge in [-0.15, -0.1) is 0 Å². The third-order valence-corrected chi connectivity index (χ3v) is 8.47. The van der Waals surface area contributed by atoms with Crippen molar-refractivity contribution < 1.29 is 37.4 Å². The third-order valence-electron chi connectivity index (χ3n) is 8.47. The molecule has 1 aromatic carbocycles. The largest absolute Gasteiger partial charge is 0.490 e. The number of carbonyl (C=O) groups is 3. The number of guanidine groups is 1. The first-order valence-electron chi connectivity index (χ1n) is 14.4. The Balaban J connectivity index is 0.000000566. The van der Waals surface area contributed by atoms with Crippen LogP contribution in [0.1, 0.15) is 77.1 Å². The normalized spacial score (nSPS) is 26.3. The standard InChI is InChI=1S/C29H37N5O3.C2HF3O2/c1-17(2)29(5)14-22(19-10-6-7-11-23(19)37-29)32-26(36)21-13-20(21)25(18-9-8-12-31-16-18)34-24(35)15-28(3,4)33-27(34)30;3-2(4,5)1(6)7/h6-12,16-17,20-22,25H,13-15H2,1-5H3,(H2,30,33)(H,32,36);(H,6,7)/t20-,21-,22?,25-,29?;/m1./s1. The molecule has 13 heteroatoms. The van der Waals surface area contributed by atoms with Crippen LogP contribution in [0.2, 0.25) is 0 Å². The van der Waals surface area contributed by atoms with Gasteiger partial charge < -0.3 is 20.5 Å². The molecule has 0 bridgehead atoms. The number of carboxylic acid groups (broad SMARTS) is 1. The highest BCUT2D eigenvalue weighted by Gasteiger charge is 2.54. The Hall–Kier alpha value is -4.16. The SMILES string of the molecule is CC(C)C1(C)CC(NC(=O)[C@@H]2C[C@H]2[C@@H](c2cccnc2)N2C(=N)NC(C)(C)CC2=O)c2ccccc2O1.O=C(O)C(F)(F)F. The molecule has 10 nitrogen and oxygen atoms in total. The number of amides is 2. The summed E-state index contributed by atoms with van der Waals surface area (Å²) in [6, 6.07) is 11.1. The number of pyridine rings is 1. The zero-order valence-electron chi connectivity index (χ0n) is 25.2. The summed E-state index contributed by atoms with van der Waals surface area (Å²) in [5.41, 5.74) is 0.964. The van der Waals surface area contributed by atoms with E-state index >= 15 is 0 Å². The zero-order chi connectivity index (χ0) is 32.6. The van der Waals surface area contributed by atoms with E-state index in [4.69, 9.17) is 20.0 Å². The monoisotopic (exact) mass is 617 g/mol. The second-order valence-electron chi connectivity index (χ2n) is 12.7. The zero-order valence-corrected chi connectivity index (χ0v) is 25.2. The van der Waals surface area contributed by atoms with Crippen LogP contribution in [-0.2, 0) is 14.4 Å². The van der Waals surface area contributed by atoms with E-state index in [1.54, 1.807) is 12.4 Å². The van der Waals surface area contributed by atoms with Crippen molar-refractivity contribution in [1.29, 1.82) is 5.41 Å². The maximum absolute atomic E-state index is 13.6. The number of hydrogen-bond acceptors (Lipinski definition) is 6. The molecule has 0 radical (unpaired) electrons. The van der Waals surface area contributed by atoms with Gasteiger partial charge in [-0.3, -0.25) is 24.9 Å². The number of hydrogen-bond donors (Lipinski definition) is 4. The number of ether oxygens (including phenoxy) is 1. The molecule has 0 spiro atoms. The Kier molecular flexibility index (Phi) is 8.99. The summed E-state index contributed by atoms with van der Waals surface area (Å²) in [5.74, 6) is -2.06. The van der Waals surface area contributed by atoms with Crippen LogP contribution in [0.5, 0.6) is 5.75 Å². The number of alkyl halides is 3. The fourth-order valence-electron chi connectivity index (χ4n) is 5.74. The molecule has 1 saturated heterocycles. The van der Waals surface area contributed by atoms with E-state index < -0.39 is 23.7 Å². The highest BCUT2D eigenvalue weighted by molar-refractivity contribution is 5.99. The van der Waals surface area contributed by atoms with Gasteiger partial charge in [0.2, 0.25) is 11.8 Å². The Morgan fingerprint density at radius 3 is 2.41 bits per heavy atom. The second kappa shape index (κ2) is 12.1. The highest BCUT2D eigenvalue weighted by Crippen LogP contribution is 2.52. The molecule has 3 aliphatic rings. The van der Waals surface area contributed by atoms with Gasteiger partial charge in [-0.05, 0) is 56.7 Å². The van der Waals surface area contributed by atoms with Gasteiger partial charge in [0, 0.05) is 42.3 Å². The van der Waals surface area contributed by atoms with E-state index in [0.29, 0.717) is 12.8 Å². The minimum Gasteiger partial charge on any atom is -0.487 e. The highest BCUT2D eigenvalue weighted by atomic mass is 19.4. The minimum absolute atomic E-state index is 0.0176. The van der Waals surface area contributed by atoms with Gasteiger partial charge in [-0.2, -0.15) is 13.2 Å². The summed E-state index contributed by atoms with van der Waals surface area (Å²) >= 11 is 0. The van der Waals surface area contributed by atoms with Gasteiger partial charge in [0.05, 0.1) is 12.1 Å². The summed E-state index contributed by atoms with van der Waals surface area (Å²) in [6.45, 7) is 10.2. The lowest BCUT2D eigenvalue weighted by atomic mass is 9.81. The summed E-state index contributed by atoms with van der Waals surface area (Å²) < 4.78 is 38.1. The number of carboxylic acids is 1. The molecule has 2 unspecified atom stereocenters. The van der Waals surface area contributed by atoms with Crippen molar-refractivity contribution in [2.45, 2.75) is 83.3 Å². The van der Waals surface area contributed by atoms with Crippen LogP contribution in [0.3, 0.4) is 0 Å². The van der Waals surface area contributed by atoms with E-state index in [1.807, 2.05) is 50.2 Å². The minimum atomic E-state index is -5.08. The Morgan fingerprint density at radius 1 is 1.18 bits per heavy atom. The van der Waals surface area contributed by atoms with Crippen LogP contribution < -0.4 is 15.4 Å². The molecule has 238 valence electrons. The Labute approximate surface area is 253 Å². The molecule has 44 heavy (non-hydrogen) atoms. The number of aromatic nitrogens is 1. The number of rotatable bonds is 6. The predicted octanol–water partition coefficient (Wildman–Crippen LogP) is 4.98. The van der Waals surface area contributed by atoms with Crippen molar-refractivity contribution >= 4 is 23.7 Å². The van der Waals surface area contributed by atoms with E-state index in [9.17, 15) is 22.8 Å². The summed E-state index contributed by atoms with van der Waals surface area (Å²) in [4.78, 5) is 41.6. The summed E-state index contributed by atoms with van der Waals surface area (Å²) in [7, 11) is 0. The topological polar surface area (TPSA) is 145 Å². The van der Waals surface area contributed by atoms with Crippen molar-refractivity contribution in [2.24, 2.45) is 17.8 Å². The van der Waals surface area contributed by atoms with Gasteiger partial charge in [-0.25, -0.2) is 4.79 Å². The molecule has 1 aromatic heterocycles. The lowest BCUT2D eigenvalue weighted by molar-refractivity contribution is -0.192. The molecule has 1 saturated carbocycles. The second-order valence-corrected chi connectivity index (χ2v) is 12.7. The molecule has 5 atom stereocenters. The average Bonchev–Trinajstić information content (AvgIpc) is 3.71. The molecule has 2 fully saturated rings. The van der Waals surface area contributed by atoms with Crippen LogP contribution in [0, 0.1) is 23.2 Å². The van der Waals surface area contributed by atoms with Crippen LogP contribution in [0.4, 0.5) is 13.2 Å². The van der Waals surface area contributed by atoms with Crippen LogP contribution >= 0.6 is 0 Å². The number of nitrogens with one attached hydrogen (secondary N) is 3. The number of carbonyl (C=O) groups excluding carboxylic acids is 2. The molecule has 3 heterocycles. The first-order chi connectivity index (χ1) is 20.4. The lowest BCUT2D eigenvalue weighted by Gasteiger charge is -2.43. The van der Waals surface area contributed by atoms with Crippen molar-refractivity contribution in [1.82, 2.24) is 20.5 Å². The average molecular weight is 618 g/mol. The Bertz CT molecular complexity index is 1400. The number of benzene rings is 1. The quantitative estimate of drug-likeness (QED) is 0.358. The van der Waals surface area contributed by atoms with E-state index in [-0.39, 0.29) is 53.6 Å². The van der Waals surface area contributed by atoms with Crippen molar-refractivity contribution in [3.63, 3.8) is 0 Å². The molecular formula is C31H38F3N5O5. The number of aliphatic carboxylic acids is 1. The maximum Gasteiger partial charge on any atom is 0.490 e.